The van der Waals surface area contributed by atoms with Crippen LogP contribution in [0.1, 0.15) is 25.8 Å². The Labute approximate surface area is 128 Å². The smallest absolute Gasteiger partial charge is 0.343 e. The number of esters is 1. The van der Waals surface area contributed by atoms with Crippen LogP contribution in [0.25, 0.3) is 0 Å². The third-order valence-electron chi connectivity index (χ3n) is 2.35. The van der Waals surface area contributed by atoms with Crippen molar-refractivity contribution in [2.24, 2.45) is 0 Å². The number of carbonyl (C=O) groups excluding carboxylic acids is 1. The number of hydrogen-bond donors (Lipinski definition) is 1. The van der Waals surface area contributed by atoms with E-state index in [1.807, 2.05) is 19.9 Å². The molecule has 0 heterocycles. The van der Waals surface area contributed by atoms with E-state index in [0.717, 1.165) is 6.42 Å². The molecular weight excluding hydrogens is 412 g/mol. The largest absolute Gasteiger partial charge is 0.423 e. The fourth-order valence-electron chi connectivity index (χ4n) is 1.51. The van der Waals surface area contributed by atoms with Crippen molar-refractivity contribution in [2.75, 3.05) is 0 Å². The van der Waals surface area contributed by atoms with Crippen molar-refractivity contribution in [3.63, 3.8) is 0 Å². The van der Waals surface area contributed by atoms with E-state index >= 15 is 0 Å². The zero-order valence-corrected chi connectivity index (χ0v) is 14.1. The standard InChI is InChI=1S/C15H18O3.W/c1-3-7-12(8-4-2)15(17)18-14-10-6-5-9-13(14)11-16;/h3,5-10,16H,4,11H2,1-2H3;/b7-3-,12-8+;. The molecule has 19 heavy (non-hydrogen) atoms. The normalized spacial score (nSPS) is 11.2. The van der Waals surface area contributed by atoms with Crippen LogP contribution in [-0.2, 0) is 32.5 Å². The van der Waals surface area contributed by atoms with Crippen LogP contribution in [0.4, 0.5) is 0 Å². The van der Waals surface area contributed by atoms with Gasteiger partial charge in [0, 0.05) is 26.6 Å². The van der Waals surface area contributed by atoms with Gasteiger partial charge in [-0.1, -0.05) is 43.4 Å². The number of ether oxygens (including phenoxy) is 1. The van der Waals surface area contributed by atoms with E-state index in [0.29, 0.717) is 16.9 Å². The van der Waals surface area contributed by atoms with Crippen LogP contribution in [-0.4, -0.2) is 11.1 Å². The first kappa shape index (κ1) is 17.8. The number of aliphatic hydroxyl groups is 1. The maximum Gasteiger partial charge on any atom is 0.343 e. The second-order valence-corrected chi connectivity index (χ2v) is 3.72. The molecule has 0 aliphatic heterocycles. The fourth-order valence-corrected chi connectivity index (χ4v) is 1.51. The van der Waals surface area contributed by atoms with E-state index in [-0.39, 0.29) is 27.7 Å². The van der Waals surface area contributed by atoms with Crippen LogP contribution in [0.3, 0.4) is 0 Å². The Kier molecular flexibility index (Phi) is 9.11. The molecule has 102 valence electrons. The Morgan fingerprint density at radius 2 is 2.05 bits per heavy atom. The van der Waals surface area contributed by atoms with Gasteiger partial charge in [0.05, 0.1) is 12.2 Å². The maximum atomic E-state index is 11.9. The summed E-state index contributed by atoms with van der Waals surface area (Å²) >= 11 is 0. The van der Waals surface area contributed by atoms with Crippen molar-refractivity contribution in [2.45, 2.75) is 26.9 Å². The second-order valence-electron chi connectivity index (χ2n) is 3.72. The number of para-hydroxylation sites is 1. The van der Waals surface area contributed by atoms with Gasteiger partial charge in [-0.3, -0.25) is 0 Å². The molecule has 1 aromatic carbocycles. The van der Waals surface area contributed by atoms with Crippen molar-refractivity contribution in [3.05, 3.63) is 53.6 Å². The summed E-state index contributed by atoms with van der Waals surface area (Å²) in [5.41, 5.74) is 1.12. The van der Waals surface area contributed by atoms with Gasteiger partial charge in [0.25, 0.3) is 0 Å². The first-order valence-electron chi connectivity index (χ1n) is 5.96. The molecule has 0 atom stereocenters. The quantitative estimate of drug-likeness (QED) is 0.338. The van der Waals surface area contributed by atoms with E-state index in [1.54, 1.807) is 36.4 Å². The average Bonchev–Trinajstić information content (AvgIpc) is 2.39. The number of rotatable bonds is 5. The van der Waals surface area contributed by atoms with Crippen LogP contribution in [0.15, 0.2) is 48.1 Å². The molecule has 0 unspecified atom stereocenters. The number of allylic oxidation sites excluding steroid dienone is 2. The molecule has 0 saturated heterocycles. The van der Waals surface area contributed by atoms with Crippen molar-refractivity contribution in [1.29, 1.82) is 0 Å². The summed E-state index contributed by atoms with van der Waals surface area (Å²) in [6.07, 6.45) is 6.08. The van der Waals surface area contributed by atoms with Gasteiger partial charge in [0.2, 0.25) is 0 Å². The van der Waals surface area contributed by atoms with Crippen LogP contribution in [0, 0.1) is 0 Å². The van der Waals surface area contributed by atoms with Gasteiger partial charge in [-0.2, -0.15) is 0 Å². The first-order chi connectivity index (χ1) is 8.72. The maximum absolute atomic E-state index is 11.9. The first-order valence-corrected chi connectivity index (χ1v) is 5.96. The predicted molar refractivity (Wildman–Crippen MR) is 71.2 cm³/mol. The van der Waals surface area contributed by atoms with Crippen LogP contribution in [0.2, 0.25) is 0 Å². The van der Waals surface area contributed by atoms with Crippen LogP contribution < -0.4 is 4.74 Å². The molecular formula is C15H18O3W. The molecule has 0 radical (unpaired) electrons. The topological polar surface area (TPSA) is 46.5 Å². The minimum Gasteiger partial charge on any atom is -0.423 e. The molecule has 3 nitrogen and oxygen atoms in total. The number of carbonyl (C=O) groups is 1. The van der Waals surface area contributed by atoms with Crippen molar-refractivity contribution in [1.82, 2.24) is 0 Å². The third kappa shape index (κ3) is 5.54. The average molecular weight is 430 g/mol. The zero-order chi connectivity index (χ0) is 13.4. The molecule has 0 amide bonds. The Balaban J connectivity index is 0.00000324. The molecule has 0 aromatic heterocycles. The summed E-state index contributed by atoms with van der Waals surface area (Å²) in [7, 11) is 0. The third-order valence-corrected chi connectivity index (χ3v) is 2.35. The molecule has 4 heteroatoms. The van der Waals surface area contributed by atoms with Gasteiger partial charge in [0.15, 0.2) is 0 Å². The van der Waals surface area contributed by atoms with Crippen LogP contribution >= 0.6 is 0 Å². The van der Waals surface area contributed by atoms with Gasteiger partial charge in [-0.05, 0) is 19.4 Å². The van der Waals surface area contributed by atoms with Gasteiger partial charge in [0.1, 0.15) is 5.75 Å². The van der Waals surface area contributed by atoms with E-state index < -0.39 is 5.97 Å². The monoisotopic (exact) mass is 430 g/mol. The van der Waals surface area contributed by atoms with E-state index in [4.69, 9.17) is 9.84 Å². The molecule has 0 aliphatic carbocycles. The number of benzene rings is 1. The zero-order valence-electron chi connectivity index (χ0n) is 11.1. The van der Waals surface area contributed by atoms with E-state index in [2.05, 4.69) is 0 Å². The SMILES string of the molecule is C/C=C\C(=C/CC)C(=O)Oc1ccccc1CO.[W]. The second kappa shape index (κ2) is 9.71. The van der Waals surface area contributed by atoms with E-state index in [9.17, 15) is 4.79 Å². The van der Waals surface area contributed by atoms with Crippen molar-refractivity contribution >= 4 is 5.97 Å². The molecule has 1 N–H and O–H groups in total. The molecule has 0 spiro atoms. The summed E-state index contributed by atoms with van der Waals surface area (Å²) in [5, 5.41) is 9.16. The predicted octanol–water partition coefficient (Wildman–Crippen LogP) is 2.99. The summed E-state index contributed by atoms with van der Waals surface area (Å²) < 4.78 is 5.29. The molecule has 0 aliphatic rings. The summed E-state index contributed by atoms with van der Waals surface area (Å²) in [6.45, 7) is 3.65. The summed E-state index contributed by atoms with van der Waals surface area (Å²) in [5.74, 6) is -0.00708. The van der Waals surface area contributed by atoms with Gasteiger partial charge in [-0.15, -0.1) is 0 Å². The number of hydrogen-bond acceptors (Lipinski definition) is 3. The molecule has 0 saturated carbocycles. The molecule has 1 rings (SSSR count). The van der Waals surface area contributed by atoms with Gasteiger partial charge >= 0.3 is 5.97 Å². The Hall–Kier alpha value is -1.18. The minimum absolute atomic E-state index is 0. The van der Waals surface area contributed by atoms with Crippen molar-refractivity contribution in [3.8, 4) is 5.75 Å². The van der Waals surface area contributed by atoms with Gasteiger partial charge < -0.3 is 9.84 Å². The van der Waals surface area contributed by atoms with Gasteiger partial charge in [-0.25, -0.2) is 4.79 Å². The number of aliphatic hydroxyl groups excluding tert-OH is 1. The summed E-state index contributed by atoms with van der Waals surface area (Å²) in [4.78, 5) is 11.9. The van der Waals surface area contributed by atoms with E-state index in [1.165, 1.54) is 0 Å². The summed E-state index contributed by atoms with van der Waals surface area (Å²) in [6, 6.07) is 6.95. The van der Waals surface area contributed by atoms with Crippen molar-refractivity contribution < 1.29 is 35.7 Å². The molecule has 0 fully saturated rings. The fraction of sp³-hybridized carbons (Fsp3) is 0.267. The van der Waals surface area contributed by atoms with Crippen LogP contribution in [0.5, 0.6) is 5.75 Å². The Morgan fingerprint density at radius 1 is 1.37 bits per heavy atom. The molecule has 1 aromatic rings. The Morgan fingerprint density at radius 3 is 2.63 bits per heavy atom. The minimum atomic E-state index is -0.407. The molecule has 0 bridgehead atoms. The Bertz CT molecular complexity index is 464.